The van der Waals surface area contributed by atoms with Gasteiger partial charge in [0.15, 0.2) is 0 Å². The first-order chi connectivity index (χ1) is 14.7. The number of hydrogen-bond acceptors (Lipinski definition) is 3. The Balaban J connectivity index is 1.60. The van der Waals surface area contributed by atoms with Gasteiger partial charge in [-0.1, -0.05) is 18.2 Å². The molecule has 9 heteroatoms. The Kier molecular flexibility index (Phi) is 5.96. The van der Waals surface area contributed by atoms with Crippen molar-refractivity contribution in [1.29, 1.82) is 0 Å². The number of aromatic nitrogens is 2. The van der Waals surface area contributed by atoms with E-state index in [1.54, 1.807) is 15.9 Å². The summed E-state index contributed by atoms with van der Waals surface area (Å²) in [6.45, 7) is 3.69. The van der Waals surface area contributed by atoms with Crippen LogP contribution in [0.3, 0.4) is 0 Å². The normalized spacial score (nSPS) is 23.3. The van der Waals surface area contributed by atoms with E-state index in [0.717, 1.165) is 17.5 Å². The number of halogens is 3. The second-order valence-electron chi connectivity index (χ2n) is 8.63. The number of nitrogens with one attached hydrogen (secondary N) is 1. The Morgan fingerprint density at radius 2 is 1.84 bits per heavy atom. The molecule has 0 bridgehead atoms. The lowest BCUT2D eigenvalue weighted by molar-refractivity contribution is -0.137. The molecule has 2 aromatic rings. The number of aliphatic hydroxyl groups excluding tert-OH is 1. The van der Waals surface area contributed by atoms with E-state index in [9.17, 15) is 23.1 Å². The molecule has 0 saturated carbocycles. The predicted molar refractivity (Wildman–Crippen MR) is 109 cm³/mol. The molecule has 2 unspecified atom stereocenters. The molecule has 1 aromatic heterocycles. The van der Waals surface area contributed by atoms with Crippen LogP contribution in [0.4, 0.5) is 18.0 Å². The number of H-pyrrole nitrogens is 1. The van der Waals surface area contributed by atoms with Crippen molar-refractivity contribution in [2.75, 3.05) is 26.2 Å². The smallest absolute Gasteiger partial charge is 0.393 e. The highest BCUT2D eigenvalue weighted by molar-refractivity contribution is 5.75. The summed E-state index contributed by atoms with van der Waals surface area (Å²) in [5.74, 6) is -0.296. The van der Waals surface area contributed by atoms with E-state index in [0.29, 0.717) is 51.0 Å². The van der Waals surface area contributed by atoms with Crippen molar-refractivity contribution in [1.82, 2.24) is 20.0 Å². The van der Waals surface area contributed by atoms with E-state index in [4.69, 9.17) is 0 Å². The minimum Gasteiger partial charge on any atom is -0.393 e. The average molecular weight is 436 g/mol. The van der Waals surface area contributed by atoms with Crippen molar-refractivity contribution in [3.63, 3.8) is 0 Å². The van der Waals surface area contributed by atoms with Gasteiger partial charge in [-0.15, -0.1) is 0 Å². The van der Waals surface area contributed by atoms with Crippen LogP contribution >= 0.6 is 0 Å². The second-order valence-corrected chi connectivity index (χ2v) is 8.63. The van der Waals surface area contributed by atoms with Gasteiger partial charge in [0, 0.05) is 43.7 Å². The molecular formula is C22H27F3N4O2. The maximum atomic E-state index is 13.3. The first kappa shape index (κ1) is 21.7. The zero-order valence-corrected chi connectivity index (χ0v) is 17.4. The van der Waals surface area contributed by atoms with Crippen molar-refractivity contribution in [2.24, 2.45) is 0 Å². The number of amides is 2. The molecule has 0 spiro atoms. The molecule has 168 valence electrons. The number of rotatable bonds is 2. The number of benzene rings is 1. The van der Waals surface area contributed by atoms with Crippen LogP contribution in [-0.4, -0.2) is 63.4 Å². The van der Waals surface area contributed by atoms with Gasteiger partial charge in [0.25, 0.3) is 0 Å². The van der Waals surface area contributed by atoms with E-state index in [2.05, 4.69) is 10.2 Å². The molecule has 2 aliphatic heterocycles. The molecule has 4 rings (SSSR count). The fourth-order valence-corrected chi connectivity index (χ4v) is 4.59. The number of carbonyl (C=O) groups is 1. The molecule has 2 aliphatic rings. The monoisotopic (exact) mass is 436 g/mol. The molecule has 2 fully saturated rings. The average Bonchev–Trinajstić information content (AvgIpc) is 3.19. The van der Waals surface area contributed by atoms with E-state index in [1.807, 2.05) is 13.0 Å². The fraction of sp³-hybridized carbons (Fsp3) is 0.545. The van der Waals surface area contributed by atoms with Gasteiger partial charge in [-0.25, -0.2) is 4.79 Å². The summed E-state index contributed by atoms with van der Waals surface area (Å²) in [5, 5.41) is 17.0. The second kappa shape index (κ2) is 8.53. The molecule has 2 N–H and O–H groups in total. The van der Waals surface area contributed by atoms with Crippen LogP contribution in [0.2, 0.25) is 0 Å². The van der Waals surface area contributed by atoms with Gasteiger partial charge >= 0.3 is 12.2 Å². The highest BCUT2D eigenvalue weighted by Crippen LogP contribution is 2.38. The number of carbonyl (C=O) groups excluding carboxylic acids is 1. The summed E-state index contributed by atoms with van der Waals surface area (Å²) >= 11 is 0. The fourth-order valence-electron chi connectivity index (χ4n) is 4.59. The Morgan fingerprint density at radius 3 is 2.48 bits per heavy atom. The molecule has 2 atom stereocenters. The molecule has 0 radical (unpaired) electrons. The number of aryl methyl sites for hydroxylation is 1. The number of nitrogens with zero attached hydrogens (tertiary/aromatic N) is 3. The van der Waals surface area contributed by atoms with Gasteiger partial charge in [0.2, 0.25) is 0 Å². The Morgan fingerprint density at radius 1 is 1.13 bits per heavy atom. The van der Waals surface area contributed by atoms with Crippen molar-refractivity contribution in [2.45, 2.75) is 50.3 Å². The zero-order valence-electron chi connectivity index (χ0n) is 17.4. The molecule has 2 amide bonds. The largest absolute Gasteiger partial charge is 0.416 e. The lowest BCUT2D eigenvalue weighted by Gasteiger charge is -2.41. The number of piperidine rings is 2. The number of likely N-dealkylation sites (tertiary alicyclic amines) is 2. The molecule has 6 nitrogen and oxygen atoms in total. The molecule has 1 aromatic carbocycles. The van der Waals surface area contributed by atoms with Crippen LogP contribution in [0.1, 0.15) is 53.6 Å². The third-order valence-electron chi connectivity index (χ3n) is 6.29. The first-order valence-corrected chi connectivity index (χ1v) is 10.6. The summed E-state index contributed by atoms with van der Waals surface area (Å²) < 4.78 is 39.8. The number of alkyl halides is 3. The van der Waals surface area contributed by atoms with Gasteiger partial charge in [-0.3, -0.25) is 5.10 Å². The van der Waals surface area contributed by atoms with Gasteiger partial charge < -0.3 is 14.9 Å². The summed E-state index contributed by atoms with van der Waals surface area (Å²) in [6, 6.07) is 7.21. The van der Waals surface area contributed by atoms with Crippen molar-refractivity contribution >= 4 is 6.03 Å². The van der Waals surface area contributed by atoms with Gasteiger partial charge in [-0.05, 0) is 43.9 Å². The standard InChI is InChI=1S/C22H27F3N4O2/c1-14-9-20(27-26-14)17-10-16(15-3-2-4-18(11-15)22(23,24)25)12-29(13-17)21(31)28-7-5-19(30)6-8-28/h2-4,9,11,16-17,19,30H,5-8,10,12-13H2,1H3,(H,26,27). The highest BCUT2D eigenvalue weighted by Gasteiger charge is 2.37. The van der Waals surface area contributed by atoms with E-state index in [1.165, 1.54) is 12.1 Å². The summed E-state index contributed by atoms with van der Waals surface area (Å²) in [5.41, 5.74) is 1.63. The molecule has 3 heterocycles. The highest BCUT2D eigenvalue weighted by atomic mass is 19.4. The van der Waals surface area contributed by atoms with Crippen molar-refractivity contribution in [3.8, 4) is 0 Å². The maximum absolute atomic E-state index is 13.3. The molecule has 31 heavy (non-hydrogen) atoms. The summed E-state index contributed by atoms with van der Waals surface area (Å²) in [7, 11) is 0. The SMILES string of the molecule is Cc1cc(C2CC(c3cccc(C(F)(F)F)c3)CN(C(=O)N3CCC(O)CC3)C2)n[nH]1. The molecular weight excluding hydrogens is 409 g/mol. The Hall–Kier alpha value is -2.55. The Labute approximate surface area is 179 Å². The van der Waals surface area contributed by atoms with E-state index >= 15 is 0 Å². The predicted octanol–water partition coefficient (Wildman–Crippen LogP) is 3.89. The minimum absolute atomic E-state index is 0.0717. The van der Waals surface area contributed by atoms with Crippen LogP contribution in [0, 0.1) is 6.92 Å². The van der Waals surface area contributed by atoms with Crippen LogP contribution < -0.4 is 0 Å². The maximum Gasteiger partial charge on any atom is 0.416 e. The molecule has 0 aliphatic carbocycles. The van der Waals surface area contributed by atoms with Crippen LogP contribution in [0.25, 0.3) is 0 Å². The van der Waals surface area contributed by atoms with E-state index < -0.39 is 11.7 Å². The number of aromatic amines is 1. The van der Waals surface area contributed by atoms with Gasteiger partial charge in [0.1, 0.15) is 0 Å². The lowest BCUT2D eigenvalue weighted by Crippen LogP contribution is -2.51. The van der Waals surface area contributed by atoms with Crippen LogP contribution in [0.15, 0.2) is 30.3 Å². The van der Waals surface area contributed by atoms with Crippen LogP contribution in [0.5, 0.6) is 0 Å². The lowest BCUT2D eigenvalue weighted by atomic mass is 9.82. The van der Waals surface area contributed by atoms with Crippen LogP contribution in [-0.2, 0) is 6.18 Å². The first-order valence-electron chi connectivity index (χ1n) is 10.6. The van der Waals surface area contributed by atoms with Gasteiger partial charge in [-0.2, -0.15) is 18.3 Å². The summed E-state index contributed by atoms with van der Waals surface area (Å²) in [4.78, 5) is 16.7. The third-order valence-corrected chi connectivity index (χ3v) is 6.29. The van der Waals surface area contributed by atoms with Gasteiger partial charge in [0.05, 0.1) is 17.4 Å². The van der Waals surface area contributed by atoms with E-state index in [-0.39, 0.29) is 24.0 Å². The third kappa shape index (κ3) is 4.87. The number of urea groups is 1. The molecule has 2 saturated heterocycles. The quantitative estimate of drug-likeness (QED) is 0.750. The Bertz CT molecular complexity index is 921. The minimum atomic E-state index is -4.41. The van der Waals surface area contributed by atoms with Crippen molar-refractivity contribution in [3.05, 3.63) is 52.8 Å². The number of hydrogen-bond donors (Lipinski definition) is 2. The number of aliphatic hydroxyl groups is 1. The topological polar surface area (TPSA) is 72.5 Å². The zero-order chi connectivity index (χ0) is 22.2. The summed E-state index contributed by atoms with van der Waals surface area (Å²) in [6.07, 6.45) is -3.10. The van der Waals surface area contributed by atoms with Crippen molar-refractivity contribution < 1.29 is 23.1 Å².